The van der Waals surface area contributed by atoms with Crippen LogP contribution >= 0.6 is 11.8 Å². The maximum absolute atomic E-state index is 9.16. The van der Waals surface area contributed by atoms with Crippen molar-refractivity contribution in [2.24, 2.45) is 11.7 Å². The Hall–Kier alpha value is -0.980. The number of benzene rings is 1. The van der Waals surface area contributed by atoms with E-state index in [9.17, 15) is 0 Å². The van der Waals surface area contributed by atoms with E-state index in [0.717, 1.165) is 31.4 Å². The number of nitrogens with zero attached hydrogens (tertiary/aromatic N) is 1. The van der Waals surface area contributed by atoms with Gasteiger partial charge in [0, 0.05) is 4.90 Å². The van der Waals surface area contributed by atoms with Crippen LogP contribution in [0.2, 0.25) is 0 Å². The zero-order chi connectivity index (χ0) is 13.0. The fourth-order valence-corrected chi connectivity index (χ4v) is 3.57. The molecule has 1 aliphatic carbocycles. The van der Waals surface area contributed by atoms with Crippen LogP contribution in [0.3, 0.4) is 0 Å². The first-order valence-corrected chi connectivity index (χ1v) is 7.52. The Morgan fingerprint density at radius 3 is 2.83 bits per heavy atom. The first-order valence-electron chi connectivity index (χ1n) is 6.54. The van der Waals surface area contributed by atoms with Crippen molar-refractivity contribution in [1.29, 1.82) is 5.26 Å². The van der Waals surface area contributed by atoms with Gasteiger partial charge >= 0.3 is 0 Å². The third-order valence-electron chi connectivity index (χ3n) is 3.84. The van der Waals surface area contributed by atoms with Crippen molar-refractivity contribution < 1.29 is 0 Å². The first kappa shape index (κ1) is 13.5. The lowest BCUT2D eigenvalue weighted by Crippen LogP contribution is -2.41. The van der Waals surface area contributed by atoms with E-state index in [-0.39, 0.29) is 0 Å². The zero-order valence-electron chi connectivity index (χ0n) is 10.9. The Labute approximate surface area is 114 Å². The summed E-state index contributed by atoms with van der Waals surface area (Å²) in [5.74, 6) is 1.43. The van der Waals surface area contributed by atoms with Gasteiger partial charge in [-0.25, -0.2) is 0 Å². The summed E-state index contributed by atoms with van der Waals surface area (Å²) >= 11 is 1.86. The molecule has 1 aromatic carbocycles. The molecule has 2 atom stereocenters. The van der Waals surface area contributed by atoms with Gasteiger partial charge in [-0.1, -0.05) is 24.1 Å². The Morgan fingerprint density at radius 2 is 2.17 bits per heavy atom. The summed E-state index contributed by atoms with van der Waals surface area (Å²) < 4.78 is 0. The molecule has 0 aliphatic heterocycles. The van der Waals surface area contributed by atoms with Gasteiger partial charge < -0.3 is 5.73 Å². The van der Waals surface area contributed by atoms with Crippen LogP contribution in [0.4, 0.5) is 0 Å². The summed E-state index contributed by atoms with van der Waals surface area (Å²) in [6.07, 6.45) is 4.12. The van der Waals surface area contributed by atoms with E-state index in [2.05, 4.69) is 37.3 Å². The summed E-state index contributed by atoms with van der Waals surface area (Å²) in [5.41, 5.74) is 6.86. The predicted octanol–water partition coefficient (Wildman–Crippen LogP) is 3.50. The van der Waals surface area contributed by atoms with Gasteiger partial charge in [0.2, 0.25) is 0 Å². The fourth-order valence-electron chi connectivity index (χ4n) is 2.61. The number of thioether (sulfide) groups is 1. The van der Waals surface area contributed by atoms with E-state index in [0.29, 0.717) is 5.92 Å². The van der Waals surface area contributed by atoms with E-state index in [1.165, 1.54) is 10.5 Å². The molecule has 1 fully saturated rings. The molecule has 0 aromatic heterocycles. The minimum atomic E-state index is -0.562. The number of aryl methyl sites for hydroxylation is 1. The molecule has 1 aliphatic rings. The monoisotopic (exact) mass is 260 g/mol. The van der Waals surface area contributed by atoms with Crippen molar-refractivity contribution in [2.45, 2.75) is 43.0 Å². The molecule has 2 rings (SSSR count). The van der Waals surface area contributed by atoms with E-state index < -0.39 is 5.54 Å². The summed E-state index contributed by atoms with van der Waals surface area (Å²) in [6.45, 7) is 2.10. The lowest BCUT2D eigenvalue weighted by Gasteiger charge is -2.23. The highest BCUT2D eigenvalue weighted by Gasteiger charge is 2.39. The fraction of sp³-hybridized carbons (Fsp3) is 0.533. The molecule has 3 heteroatoms. The molecule has 18 heavy (non-hydrogen) atoms. The van der Waals surface area contributed by atoms with Gasteiger partial charge in [0.05, 0.1) is 6.07 Å². The number of hydrogen-bond acceptors (Lipinski definition) is 3. The molecular formula is C15H20N2S. The number of nitrogens with two attached hydrogens (primary N) is 1. The van der Waals surface area contributed by atoms with Crippen LogP contribution in [-0.4, -0.2) is 11.3 Å². The van der Waals surface area contributed by atoms with Gasteiger partial charge in [-0.3, -0.25) is 0 Å². The Kier molecular flexibility index (Phi) is 4.31. The molecule has 2 nitrogen and oxygen atoms in total. The second-order valence-corrected chi connectivity index (χ2v) is 6.36. The molecule has 1 saturated carbocycles. The van der Waals surface area contributed by atoms with Crippen LogP contribution < -0.4 is 5.73 Å². The van der Waals surface area contributed by atoms with Gasteiger partial charge in [0.15, 0.2) is 0 Å². The minimum Gasteiger partial charge on any atom is -0.313 e. The lowest BCUT2D eigenvalue weighted by atomic mass is 9.88. The molecule has 0 bridgehead atoms. The normalized spacial score (nSPS) is 27.1. The molecule has 0 radical (unpaired) electrons. The second kappa shape index (κ2) is 5.77. The van der Waals surface area contributed by atoms with Crippen molar-refractivity contribution in [3.8, 4) is 6.07 Å². The predicted molar refractivity (Wildman–Crippen MR) is 76.4 cm³/mol. The van der Waals surface area contributed by atoms with Gasteiger partial charge in [-0.05, 0) is 50.0 Å². The average Bonchev–Trinajstić information content (AvgIpc) is 2.74. The van der Waals surface area contributed by atoms with Crippen LogP contribution in [-0.2, 0) is 0 Å². The van der Waals surface area contributed by atoms with Crippen LogP contribution in [0.1, 0.15) is 31.2 Å². The minimum absolute atomic E-state index is 0.375. The standard InChI is InChI=1S/C15H20N2S/c1-12-4-6-14(7-5-12)18-10-8-13-3-2-9-15(13,17)11-16/h4-7,13H,2-3,8-10,17H2,1H3. The van der Waals surface area contributed by atoms with E-state index in [1.54, 1.807) is 0 Å². The quantitative estimate of drug-likeness (QED) is 0.843. The van der Waals surface area contributed by atoms with Gasteiger partial charge in [-0.15, -0.1) is 11.8 Å². The number of hydrogen-bond donors (Lipinski definition) is 1. The highest BCUT2D eigenvalue weighted by Crippen LogP contribution is 2.36. The van der Waals surface area contributed by atoms with Gasteiger partial charge in [0.25, 0.3) is 0 Å². The molecule has 0 saturated heterocycles. The molecule has 2 unspecified atom stereocenters. The third kappa shape index (κ3) is 3.07. The Morgan fingerprint density at radius 1 is 1.44 bits per heavy atom. The van der Waals surface area contributed by atoms with Crippen LogP contribution in [0, 0.1) is 24.2 Å². The van der Waals surface area contributed by atoms with Crippen molar-refractivity contribution in [3.63, 3.8) is 0 Å². The smallest absolute Gasteiger partial charge is 0.107 e. The zero-order valence-corrected chi connectivity index (χ0v) is 11.7. The first-order chi connectivity index (χ1) is 8.64. The highest BCUT2D eigenvalue weighted by atomic mass is 32.2. The summed E-state index contributed by atoms with van der Waals surface area (Å²) in [7, 11) is 0. The topological polar surface area (TPSA) is 49.8 Å². The van der Waals surface area contributed by atoms with Crippen molar-refractivity contribution in [2.75, 3.05) is 5.75 Å². The average molecular weight is 260 g/mol. The Bertz CT molecular complexity index is 435. The molecule has 1 aromatic rings. The largest absolute Gasteiger partial charge is 0.313 e. The molecule has 2 N–H and O–H groups in total. The number of nitriles is 1. The van der Waals surface area contributed by atoms with E-state index in [1.807, 2.05) is 11.8 Å². The SMILES string of the molecule is Cc1ccc(SCCC2CCCC2(N)C#N)cc1. The van der Waals surface area contributed by atoms with Crippen molar-refractivity contribution >= 4 is 11.8 Å². The summed E-state index contributed by atoms with van der Waals surface area (Å²) in [4.78, 5) is 1.30. The second-order valence-electron chi connectivity index (χ2n) is 5.19. The maximum atomic E-state index is 9.16. The summed E-state index contributed by atoms with van der Waals surface area (Å²) in [6, 6.07) is 10.9. The summed E-state index contributed by atoms with van der Waals surface area (Å²) in [5, 5.41) is 9.16. The van der Waals surface area contributed by atoms with E-state index >= 15 is 0 Å². The molecule has 0 spiro atoms. The molecule has 0 amide bonds. The van der Waals surface area contributed by atoms with Crippen LogP contribution in [0.5, 0.6) is 0 Å². The maximum Gasteiger partial charge on any atom is 0.107 e. The Balaban J connectivity index is 1.82. The van der Waals surface area contributed by atoms with Crippen LogP contribution in [0.15, 0.2) is 29.2 Å². The lowest BCUT2D eigenvalue weighted by molar-refractivity contribution is 0.389. The highest BCUT2D eigenvalue weighted by molar-refractivity contribution is 7.99. The molecule has 96 valence electrons. The number of rotatable bonds is 4. The van der Waals surface area contributed by atoms with Crippen molar-refractivity contribution in [1.82, 2.24) is 0 Å². The van der Waals surface area contributed by atoms with Crippen LogP contribution in [0.25, 0.3) is 0 Å². The molecule has 0 heterocycles. The van der Waals surface area contributed by atoms with Crippen molar-refractivity contribution in [3.05, 3.63) is 29.8 Å². The van der Waals surface area contributed by atoms with Gasteiger partial charge in [0.1, 0.15) is 5.54 Å². The third-order valence-corrected chi connectivity index (χ3v) is 4.88. The molecular weight excluding hydrogens is 240 g/mol. The van der Waals surface area contributed by atoms with Gasteiger partial charge in [-0.2, -0.15) is 5.26 Å². The van der Waals surface area contributed by atoms with E-state index in [4.69, 9.17) is 11.0 Å².